The molecular formula is C10H15N5O. The maximum atomic E-state index is 5.79. The van der Waals surface area contributed by atoms with Gasteiger partial charge in [-0.15, -0.1) is 0 Å². The highest BCUT2D eigenvalue weighted by Crippen LogP contribution is 2.16. The average Bonchev–Trinajstić information content (AvgIpc) is 2.62. The standard InChI is InChI=1S/C10H15N5O/c1-3-16-5-4-15-10-8(6-12-15)9(11)13-7(2)14-10/h6H,3-5H2,1-2H3,(H2,11,13,14). The molecule has 16 heavy (non-hydrogen) atoms. The number of rotatable bonds is 4. The number of aryl methyl sites for hydroxylation is 1. The molecule has 0 saturated carbocycles. The first-order valence-corrected chi connectivity index (χ1v) is 5.25. The van der Waals surface area contributed by atoms with Gasteiger partial charge in [-0.2, -0.15) is 5.10 Å². The van der Waals surface area contributed by atoms with E-state index in [9.17, 15) is 0 Å². The van der Waals surface area contributed by atoms with E-state index >= 15 is 0 Å². The van der Waals surface area contributed by atoms with Gasteiger partial charge in [0.15, 0.2) is 5.65 Å². The van der Waals surface area contributed by atoms with Crippen LogP contribution in [0.25, 0.3) is 11.0 Å². The Bertz CT molecular complexity index is 493. The average molecular weight is 221 g/mol. The first-order chi connectivity index (χ1) is 7.72. The summed E-state index contributed by atoms with van der Waals surface area (Å²) < 4.78 is 7.07. The topological polar surface area (TPSA) is 78.9 Å². The maximum Gasteiger partial charge on any atom is 0.163 e. The van der Waals surface area contributed by atoms with E-state index in [4.69, 9.17) is 10.5 Å². The number of ether oxygens (including phenoxy) is 1. The van der Waals surface area contributed by atoms with Crippen molar-refractivity contribution < 1.29 is 4.74 Å². The molecule has 0 bridgehead atoms. The van der Waals surface area contributed by atoms with Crippen molar-refractivity contribution in [3.8, 4) is 0 Å². The van der Waals surface area contributed by atoms with E-state index < -0.39 is 0 Å². The summed E-state index contributed by atoms with van der Waals surface area (Å²) in [6, 6.07) is 0. The van der Waals surface area contributed by atoms with E-state index in [2.05, 4.69) is 15.1 Å². The summed E-state index contributed by atoms with van der Waals surface area (Å²) in [6.07, 6.45) is 1.69. The second kappa shape index (κ2) is 4.44. The Balaban J connectivity index is 2.32. The SMILES string of the molecule is CCOCCn1ncc2c(N)nc(C)nc21. The monoisotopic (exact) mass is 221 g/mol. The summed E-state index contributed by atoms with van der Waals surface area (Å²) in [5, 5.41) is 5.02. The molecule has 2 rings (SSSR count). The smallest absolute Gasteiger partial charge is 0.163 e. The van der Waals surface area contributed by atoms with Crippen LogP contribution in [0.5, 0.6) is 0 Å². The Hall–Kier alpha value is -1.69. The molecule has 0 aromatic carbocycles. The predicted octanol–water partition coefficient (Wildman–Crippen LogP) is 0.753. The fourth-order valence-electron chi connectivity index (χ4n) is 1.55. The van der Waals surface area contributed by atoms with Gasteiger partial charge in [0.2, 0.25) is 0 Å². The van der Waals surface area contributed by atoms with E-state index in [1.54, 1.807) is 10.9 Å². The molecule has 2 N–H and O–H groups in total. The summed E-state index contributed by atoms with van der Waals surface area (Å²) in [7, 11) is 0. The van der Waals surface area contributed by atoms with Crippen LogP contribution in [0.1, 0.15) is 12.7 Å². The Kier molecular flexibility index (Phi) is 3.00. The minimum atomic E-state index is 0.477. The zero-order valence-electron chi connectivity index (χ0n) is 9.47. The molecule has 2 heterocycles. The molecule has 6 nitrogen and oxygen atoms in total. The highest BCUT2D eigenvalue weighted by atomic mass is 16.5. The molecule has 0 unspecified atom stereocenters. The van der Waals surface area contributed by atoms with Crippen molar-refractivity contribution in [1.29, 1.82) is 0 Å². The third-order valence-corrected chi connectivity index (χ3v) is 2.29. The molecule has 2 aromatic rings. The minimum absolute atomic E-state index is 0.477. The normalized spacial score (nSPS) is 11.1. The van der Waals surface area contributed by atoms with E-state index in [0.29, 0.717) is 31.4 Å². The van der Waals surface area contributed by atoms with Gasteiger partial charge < -0.3 is 10.5 Å². The Labute approximate surface area is 93.4 Å². The van der Waals surface area contributed by atoms with Gasteiger partial charge in [0, 0.05) is 6.61 Å². The highest BCUT2D eigenvalue weighted by Gasteiger charge is 2.08. The van der Waals surface area contributed by atoms with Crippen LogP contribution < -0.4 is 5.73 Å². The first-order valence-electron chi connectivity index (χ1n) is 5.25. The van der Waals surface area contributed by atoms with E-state index in [1.807, 2.05) is 13.8 Å². The third kappa shape index (κ3) is 1.96. The minimum Gasteiger partial charge on any atom is -0.383 e. The molecule has 0 atom stereocenters. The van der Waals surface area contributed by atoms with Gasteiger partial charge in [-0.1, -0.05) is 0 Å². The highest BCUT2D eigenvalue weighted by molar-refractivity contribution is 5.84. The number of nitrogens with two attached hydrogens (primary N) is 1. The van der Waals surface area contributed by atoms with Crippen LogP contribution in [0, 0.1) is 6.92 Å². The molecule has 86 valence electrons. The predicted molar refractivity (Wildman–Crippen MR) is 61.0 cm³/mol. The Morgan fingerprint density at radius 2 is 2.25 bits per heavy atom. The van der Waals surface area contributed by atoms with Crippen molar-refractivity contribution >= 4 is 16.9 Å². The van der Waals surface area contributed by atoms with Gasteiger partial charge in [0.25, 0.3) is 0 Å². The number of hydrogen-bond acceptors (Lipinski definition) is 5. The Morgan fingerprint density at radius 3 is 3.00 bits per heavy atom. The summed E-state index contributed by atoms with van der Waals surface area (Å²) >= 11 is 0. The number of aromatic nitrogens is 4. The van der Waals surface area contributed by atoms with Crippen LogP contribution in [0.2, 0.25) is 0 Å². The van der Waals surface area contributed by atoms with Gasteiger partial charge in [0.05, 0.1) is 24.7 Å². The molecule has 0 saturated heterocycles. The van der Waals surface area contributed by atoms with Crippen LogP contribution in [0.15, 0.2) is 6.20 Å². The molecule has 0 fully saturated rings. The maximum absolute atomic E-state index is 5.79. The van der Waals surface area contributed by atoms with Crippen molar-refractivity contribution in [2.45, 2.75) is 20.4 Å². The van der Waals surface area contributed by atoms with Crippen LogP contribution >= 0.6 is 0 Å². The number of fused-ring (bicyclic) bond motifs is 1. The second-order valence-electron chi connectivity index (χ2n) is 3.46. The van der Waals surface area contributed by atoms with Crippen molar-refractivity contribution in [2.24, 2.45) is 0 Å². The molecule has 0 spiro atoms. The van der Waals surface area contributed by atoms with Gasteiger partial charge in [-0.25, -0.2) is 14.6 Å². The fourth-order valence-corrected chi connectivity index (χ4v) is 1.55. The number of nitrogen functional groups attached to an aromatic ring is 1. The number of hydrogen-bond donors (Lipinski definition) is 1. The lowest BCUT2D eigenvalue weighted by Gasteiger charge is -2.03. The molecule has 0 aliphatic rings. The molecule has 6 heteroatoms. The lowest BCUT2D eigenvalue weighted by molar-refractivity contribution is 0.137. The summed E-state index contributed by atoms with van der Waals surface area (Å²) in [6.45, 7) is 5.78. The lowest BCUT2D eigenvalue weighted by Crippen LogP contribution is -2.08. The van der Waals surface area contributed by atoms with Crippen LogP contribution in [0.4, 0.5) is 5.82 Å². The number of anilines is 1. The van der Waals surface area contributed by atoms with Gasteiger partial charge in [0.1, 0.15) is 11.6 Å². The number of nitrogens with zero attached hydrogens (tertiary/aromatic N) is 4. The van der Waals surface area contributed by atoms with Crippen molar-refractivity contribution in [2.75, 3.05) is 18.9 Å². The summed E-state index contributed by atoms with van der Waals surface area (Å²) in [5.74, 6) is 1.13. The van der Waals surface area contributed by atoms with Gasteiger partial charge in [-0.05, 0) is 13.8 Å². The summed E-state index contributed by atoms with van der Waals surface area (Å²) in [4.78, 5) is 8.42. The lowest BCUT2D eigenvalue weighted by atomic mass is 10.4. The molecule has 0 aliphatic heterocycles. The fraction of sp³-hybridized carbons (Fsp3) is 0.500. The van der Waals surface area contributed by atoms with E-state index in [0.717, 1.165) is 11.0 Å². The zero-order chi connectivity index (χ0) is 11.5. The van der Waals surface area contributed by atoms with E-state index in [-0.39, 0.29) is 0 Å². The van der Waals surface area contributed by atoms with Crippen LogP contribution in [0.3, 0.4) is 0 Å². The quantitative estimate of drug-likeness (QED) is 0.771. The zero-order valence-corrected chi connectivity index (χ0v) is 9.47. The van der Waals surface area contributed by atoms with E-state index in [1.165, 1.54) is 0 Å². The molecular weight excluding hydrogens is 206 g/mol. The van der Waals surface area contributed by atoms with Crippen molar-refractivity contribution in [1.82, 2.24) is 19.7 Å². The molecule has 0 amide bonds. The first kappa shape index (κ1) is 10.8. The Morgan fingerprint density at radius 1 is 1.44 bits per heavy atom. The van der Waals surface area contributed by atoms with Crippen molar-refractivity contribution in [3.63, 3.8) is 0 Å². The van der Waals surface area contributed by atoms with Gasteiger partial charge >= 0.3 is 0 Å². The molecule has 2 aromatic heterocycles. The second-order valence-corrected chi connectivity index (χ2v) is 3.46. The van der Waals surface area contributed by atoms with Gasteiger partial charge in [-0.3, -0.25) is 0 Å². The molecule has 0 aliphatic carbocycles. The largest absolute Gasteiger partial charge is 0.383 e. The molecule has 0 radical (unpaired) electrons. The van der Waals surface area contributed by atoms with Crippen LogP contribution in [-0.4, -0.2) is 33.0 Å². The van der Waals surface area contributed by atoms with Crippen LogP contribution in [-0.2, 0) is 11.3 Å². The van der Waals surface area contributed by atoms with Crippen molar-refractivity contribution in [3.05, 3.63) is 12.0 Å². The summed E-state index contributed by atoms with van der Waals surface area (Å²) in [5.41, 5.74) is 6.56. The third-order valence-electron chi connectivity index (χ3n) is 2.29.